The summed E-state index contributed by atoms with van der Waals surface area (Å²) in [5, 5.41) is 3.30. The van der Waals surface area contributed by atoms with Gasteiger partial charge in [0.05, 0.1) is 0 Å². The summed E-state index contributed by atoms with van der Waals surface area (Å²) >= 11 is 0. The fraction of sp³-hybridized carbons (Fsp3) is 0.643. The predicted octanol–water partition coefficient (Wildman–Crippen LogP) is 1.91. The fourth-order valence-corrected chi connectivity index (χ4v) is 1.77. The van der Waals surface area contributed by atoms with Crippen molar-refractivity contribution in [2.45, 2.75) is 27.3 Å². The van der Waals surface area contributed by atoms with E-state index in [1.807, 2.05) is 12.3 Å². The first-order valence-electron chi connectivity index (χ1n) is 6.80. The van der Waals surface area contributed by atoms with Crippen molar-refractivity contribution in [2.75, 3.05) is 32.8 Å². The summed E-state index contributed by atoms with van der Waals surface area (Å²) in [5.41, 5.74) is 1.12. The first kappa shape index (κ1) is 14.9. The lowest BCUT2D eigenvalue weighted by Crippen LogP contribution is -2.28. The van der Waals surface area contributed by atoms with E-state index in [2.05, 4.69) is 36.0 Å². The number of aromatic nitrogens is 1. The number of rotatable bonds is 9. The third kappa shape index (κ3) is 5.02. The first-order valence-corrected chi connectivity index (χ1v) is 6.80. The molecule has 0 fully saturated rings. The smallest absolute Gasteiger partial charge is 0.126 e. The van der Waals surface area contributed by atoms with Gasteiger partial charge < -0.3 is 15.0 Å². The van der Waals surface area contributed by atoms with Gasteiger partial charge in [0.15, 0.2) is 0 Å². The first-order chi connectivity index (χ1) is 8.81. The number of ether oxygens (including phenoxy) is 1. The van der Waals surface area contributed by atoms with Crippen LogP contribution in [0, 0.1) is 0 Å². The van der Waals surface area contributed by atoms with Crippen molar-refractivity contribution in [3.63, 3.8) is 0 Å². The summed E-state index contributed by atoms with van der Waals surface area (Å²) < 4.78 is 5.85. The van der Waals surface area contributed by atoms with E-state index in [9.17, 15) is 0 Å². The molecule has 4 nitrogen and oxygen atoms in total. The molecule has 0 bridgehead atoms. The van der Waals surface area contributed by atoms with E-state index >= 15 is 0 Å². The summed E-state index contributed by atoms with van der Waals surface area (Å²) in [5.74, 6) is 0.943. The fourth-order valence-electron chi connectivity index (χ4n) is 1.77. The highest BCUT2D eigenvalue weighted by molar-refractivity contribution is 5.29. The molecule has 0 aromatic carbocycles. The van der Waals surface area contributed by atoms with Crippen LogP contribution in [0.15, 0.2) is 18.5 Å². The third-order valence-electron chi connectivity index (χ3n) is 2.98. The molecule has 1 N–H and O–H groups in total. The Labute approximate surface area is 110 Å². The van der Waals surface area contributed by atoms with Gasteiger partial charge in [-0.3, -0.25) is 4.98 Å². The van der Waals surface area contributed by atoms with Gasteiger partial charge in [-0.1, -0.05) is 20.8 Å². The molecule has 18 heavy (non-hydrogen) atoms. The van der Waals surface area contributed by atoms with Gasteiger partial charge in [0.25, 0.3) is 0 Å². The zero-order valence-electron chi connectivity index (χ0n) is 11.8. The summed E-state index contributed by atoms with van der Waals surface area (Å²) in [6.07, 6.45) is 3.65. The molecule has 0 radical (unpaired) electrons. The highest BCUT2D eigenvalue weighted by Gasteiger charge is 2.04. The molecule has 1 heterocycles. The van der Waals surface area contributed by atoms with Crippen LogP contribution in [0.4, 0.5) is 0 Å². The Balaban J connectivity index is 2.45. The molecule has 0 spiro atoms. The Bertz CT molecular complexity index is 327. The standard InChI is InChI=1S/C14H25N3O/c1-4-15-11-13-12-16-8-7-14(13)18-10-9-17(5-2)6-3/h7-8,12,15H,4-6,9-11H2,1-3H3. The van der Waals surface area contributed by atoms with E-state index in [0.717, 1.165) is 50.6 Å². The number of hydrogen-bond donors (Lipinski definition) is 1. The summed E-state index contributed by atoms with van der Waals surface area (Å²) in [4.78, 5) is 6.50. The molecular formula is C14H25N3O. The van der Waals surface area contributed by atoms with Gasteiger partial charge in [-0.2, -0.15) is 0 Å². The van der Waals surface area contributed by atoms with Crippen LogP contribution >= 0.6 is 0 Å². The molecule has 4 heteroatoms. The number of hydrogen-bond acceptors (Lipinski definition) is 4. The van der Waals surface area contributed by atoms with Gasteiger partial charge in [-0.15, -0.1) is 0 Å². The Hall–Kier alpha value is -1.13. The van der Waals surface area contributed by atoms with Crippen LogP contribution in [0.3, 0.4) is 0 Å². The highest BCUT2D eigenvalue weighted by Crippen LogP contribution is 2.16. The molecule has 0 aliphatic carbocycles. The maximum atomic E-state index is 5.85. The van der Waals surface area contributed by atoms with Gasteiger partial charge in [0.1, 0.15) is 12.4 Å². The molecule has 0 aliphatic heterocycles. The maximum absolute atomic E-state index is 5.85. The van der Waals surface area contributed by atoms with Crippen molar-refractivity contribution >= 4 is 0 Å². The average Bonchev–Trinajstić information content (AvgIpc) is 2.42. The second kappa shape index (κ2) is 8.89. The monoisotopic (exact) mass is 251 g/mol. The van der Waals surface area contributed by atoms with E-state index < -0.39 is 0 Å². The Morgan fingerprint density at radius 3 is 2.72 bits per heavy atom. The lowest BCUT2D eigenvalue weighted by molar-refractivity contribution is 0.221. The van der Waals surface area contributed by atoms with Gasteiger partial charge in [0, 0.05) is 31.0 Å². The zero-order valence-corrected chi connectivity index (χ0v) is 11.8. The Morgan fingerprint density at radius 2 is 2.06 bits per heavy atom. The van der Waals surface area contributed by atoms with Crippen LogP contribution in [0.2, 0.25) is 0 Å². The van der Waals surface area contributed by atoms with Gasteiger partial charge >= 0.3 is 0 Å². The molecule has 0 unspecified atom stereocenters. The molecule has 1 aromatic rings. The van der Waals surface area contributed by atoms with Crippen LogP contribution < -0.4 is 10.1 Å². The molecule has 1 rings (SSSR count). The van der Waals surface area contributed by atoms with E-state index in [-0.39, 0.29) is 0 Å². The summed E-state index contributed by atoms with van der Waals surface area (Å²) in [7, 11) is 0. The van der Waals surface area contributed by atoms with E-state index in [1.54, 1.807) is 6.20 Å². The summed E-state index contributed by atoms with van der Waals surface area (Å²) in [6, 6.07) is 1.94. The second-order valence-electron chi connectivity index (χ2n) is 4.14. The normalized spacial score (nSPS) is 10.9. The minimum Gasteiger partial charge on any atom is -0.492 e. The van der Waals surface area contributed by atoms with Crippen molar-refractivity contribution in [2.24, 2.45) is 0 Å². The van der Waals surface area contributed by atoms with Crippen molar-refractivity contribution in [1.29, 1.82) is 0 Å². The lowest BCUT2D eigenvalue weighted by atomic mass is 10.2. The molecule has 102 valence electrons. The average molecular weight is 251 g/mol. The molecule has 0 atom stereocenters. The van der Waals surface area contributed by atoms with Gasteiger partial charge in [0.2, 0.25) is 0 Å². The molecule has 0 saturated heterocycles. The van der Waals surface area contributed by atoms with E-state index in [1.165, 1.54) is 0 Å². The van der Waals surface area contributed by atoms with Gasteiger partial charge in [-0.05, 0) is 25.7 Å². The lowest BCUT2D eigenvalue weighted by Gasteiger charge is -2.18. The SMILES string of the molecule is CCNCc1cnccc1OCCN(CC)CC. The van der Waals surface area contributed by atoms with Crippen LogP contribution in [-0.2, 0) is 6.54 Å². The largest absolute Gasteiger partial charge is 0.492 e. The minimum absolute atomic E-state index is 0.727. The van der Waals surface area contributed by atoms with Crippen LogP contribution in [0.25, 0.3) is 0 Å². The van der Waals surface area contributed by atoms with E-state index in [4.69, 9.17) is 4.74 Å². The van der Waals surface area contributed by atoms with Gasteiger partial charge in [-0.25, -0.2) is 0 Å². The predicted molar refractivity (Wildman–Crippen MR) is 74.9 cm³/mol. The highest BCUT2D eigenvalue weighted by atomic mass is 16.5. The minimum atomic E-state index is 0.727. The Kier molecular flexibility index (Phi) is 7.37. The summed E-state index contributed by atoms with van der Waals surface area (Å²) in [6.45, 7) is 12.0. The second-order valence-corrected chi connectivity index (χ2v) is 4.14. The third-order valence-corrected chi connectivity index (χ3v) is 2.98. The molecule has 0 amide bonds. The topological polar surface area (TPSA) is 37.4 Å². The van der Waals surface area contributed by atoms with Crippen molar-refractivity contribution in [1.82, 2.24) is 15.2 Å². The Morgan fingerprint density at radius 1 is 1.28 bits per heavy atom. The number of likely N-dealkylation sites (N-methyl/N-ethyl adjacent to an activating group) is 1. The molecule has 1 aromatic heterocycles. The van der Waals surface area contributed by atoms with Crippen molar-refractivity contribution in [3.8, 4) is 5.75 Å². The number of pyridine rings is 1. The molecule has 0 aliphatic rings. The zero-order chi connectivity index (χ0) is 13.2. The molecule has 0 saturated carbocycles. The quantitative estimate of drug-likeness (QED) is 0.727. The van der Waals surface area contributed by atoms with Crippen molar-refractivity contribution in [3.05, 3.63) is 24.0 Å². The van der Waals surface area contributed by atoms with E-state index in [0.29, 0.717) is 0 Å². The van der Waals surface area contributed by atoms with Crippen LogP contribution in [0.1, 0.15) is 26.3 Å². The number of nitrogens with one attached hydrogen (secondary N) is 1. The number of nitrogens with zero attached hydrogens (tertiary/aromatic N) is 2. The van der Waals surface area contributed by atoms with Crippen LogP contribution in [0.5, 0.6) is 5.75 Å². The van der Waals surface area contributed by atoms with Crippen molar-refractivity contribution < 1.29 is 4.74 Å². The molecular weight excluding hydrogens is 226 g/mol. The maximum Gasteiger partial charge on any atom is 0.126 e. The van der Waals surface area contributed by atoms with Crippen LogP contribution in [-0.4, -0.2) is 42.7 Å².